The maximum atomic E-state index is 13.2. The summed E-state index contributed by atoms with van der Waals surface area (Å²) in [7, 11) is 0. The highest BCUT2D eigenvalue weighted by atomic mass is 79.9. The zero-order valence-electron chi connectivity index (χ0n) is 16.7. The van der Waals surface area contributed by atoms with Crippen molar-refractivity contribution in [3.8, 4) is 11.5 Å². The van der Waals surface area contributed by atoms with E-state index in [1.54, 1.807) is 60.9 Å². The number of hydrogen-bond donors (Lipinski definition) is 1. The van der Waals surface area contributed by atoms with E-state index in [0.29, 0.717) is 41.5 Å². The first-order valence-corrected chi connectivity index (χ1v) is 10.7. The number of pyridine rings is 1. The molecular weight excluding hydrogens is 476 g/mol. The van der Waals surface area contributed by atoms with Crippen LogP contribution in [0.4, 0.5) is 5.69 Å². The van der Waals surface area contributed by atoms with Crippen molar-refractivity contribution in [1.29, 1.82) is 0 Å². The van der Waals surface area contributed by atoms with Gasteiger partial charge in [0.15, 0.2) is 11.5 Å². The third-order valence-corrected chi connectivity index (χ3v) is 5.84. The number of rotatable bonds is 3. The highest BCUT2D eigenvalue weighted by Crippen LogP contribution is 2.43. The van der Waals surface area contributed by atoms with E-state index < -0.39 is 17.7 Å². The van der Waals surface area contributed by atoms with Crippen LogP contribution in [0.15, 0.2) is 77.0 Å². The first-order valence-electron chi connectivity index (χ1n) is 9.91. The van der Waals surface area contributed by atoms with E-state index in [1.807, 2.05) is 6.07 Å². The molecule has 1 N–H and O–H groups in total. The van der Waals surface area contributed by atoms with Gasteiger partial charge in [0.2, 0.25) is 0 Å². The summed E-state index contributed by atoms with van der Waals surface area (Å²) in [6, 6.07) is 14.7. The van der Waals surface area contributed by atoms with Gasteiger partial charge in [0.1, 0.15) is 19.0 Å². The lowest BCUT2D eigenvalue weighted by Crippen LogP contribution is -2.29. The van der Waals surface area contributed by atoms with Gasteiger partial charge >= 0.3 is 0 Å². The van der Waals surface area contributed by atoms with Crippen LogP contribution in [0.1, 0.15) is 17.2 Å². The molecule has 5 rings (SSSR count). The van der Waals surface area contributed by atoms with Crippen LogP contribution in [-0.2, 0) is 9.59 Å². The Hall–Kier alpha value is -3.65. The monoisotopic (exact) mass is 492 g/mol. The highest BCUT2D eigenvalue weighted by Gasteiger charge is 2.47. The fourth-order valence-electron chi connectivity index (χ4n) is 3.92. The average Bonchev–Trinajstić information content (AvgIpc) is 3.09. The smallest absolute Gasteiger partial charge is 0.300 e. The summed E-state index contributed by atoms with van der Waals surface area (Å²) in [6.07, 6.45) is 3.19. The van der Waals surface area contributed by atoms with Crippen molar-refractivity contribution in [1.82, 2.24) is 4.98 Å². The molecule has 2 aromatic carbocycles. The number of aliphatic hydroxyl groups is 1. The van der Waals surface area contributed by atoms with E-state index in [0.717, 1.165) is 4.47 Å². The van der Waals surface area contributed by atoms with Gasteiger partial charge < -0.3 is 14.6 Å². The molecule has 0 spiro atoms. The van der Waals surface area contributed by atoms with Gasteiger partial charge in [0.25, 0.3) is 11.7 Å². The number of nitrogens with zero attached hydrogens (tertiary/aromatic N) is 2. The fourth-order valence-corrected chi connectivity index (χ4v) is 4.31. The van der Waals surface area contributed by atoms with Gasteiger partial charge in [0, 0.05) is 28.1 Å². The van der Waals surface area contributed by atoms with Crippen LogP contribution < -0.4 is 14.4 Å². The molecule has 3 aromatic rings. The largest absolute Gasteiger partial charge is 0.507 e. The summed E-state index contributed by atoms with van der Waals surface area (Å²) in [5.74, 6) is -0.750. The molecule has 3 heterocycles. The van der Waals surface area contributed by atoms with E-state index in [-0.39, 0.29) is 11.3 Å². The van der Waals surface area contributed by atoms with E-state index in [9.17, 15) is 14.7 Å². The number of carbonyl (C=O) groups is 2. The van der Waals surface area contributed by atoms with Gasteiger partial charge in [-0.05, 0) is 48.0 Å². The summed E-state index contributed by atoms with van der Waals surface area (Å²) in [5, 5.41) is 11.2. The van der Waals surface area contributed by atoms with Gasteiger partial charge in [-0.2, -0.15) is 0 Å². The minimum atomic E-state index is -0.841. The van der Waals surface area contributed by atoms with Crippen LogP contribution in [0.3, 0.4) is 0 Å². The Kier molecular flexibility index (Phi) is 5.14. The molecule has 7 nitrogen and oxygen atoms in total. The Morgan fingerprint density at radius 2 is 1.84 bits per heavy atom. The van der Waals surface area contributed by atoms with Crippen molar-refractivity contribution in [2.45, 2.75) is 6.04 Å². The molecule has 1 saturated heterocycles. The molecule has 32 heavy (non-hydrogen) atoms. The lowest BCUT2D eigenvalue weighted by molar-refractivity contribution is -0.132. The normalized spacial score (nSPS) is 19.3. The van der Waals surface area contributed by atoms with Gasteiger partial charge in [-0.3, -0.25) is 19.5 Å². The Morgan fingerprint density at radius 3 is 2.59 bits per heavy atom. The second kappa shape index (κ2) is 8.12. The molecule has 8 heteroatoms. The summed E-state index contributed by atoms with van der Waals surface area (Å²) in [4.78, 5) is 31.8. The third-order valence-electron chi connectivity index (χ3n) is 5.35. The molecule has 160 valence electrons. The highest BCUT2D eigenvalue weighted by molar-refractivity contribution is 9.10. The number of carbonyl (C=O) groups excluding carboxylic acids is 2. The minimum absolute atomic E-state index is 0.0142. The zero-order chi connectivity index (χ0) is 22.2. The lowest BCUT2D eigenvalue weighted by atomic mass is 9.96. The van der Waals surface area contributed by atoms with Crippen molar-refractivity contribution in [2.24, 2.45) is 0 Å². The molecule has 0 bridgehead atoms. The maximum absolute atomic E-state index is 13.2. The molecule has 1 aromatic heterocycles. The third kappa shape index (κ3) is 3.42. The summed E-state index contributed by atoms with van der Waals surface area (Å²) < 4.78 is 11.9. The van der Waals surface area contributed by atoms with Crippen LogP contribution in [0, 0.1) is 0 Å². The number of fused-ring (bicyclic) bond motifs is 1. The molecule has 1 fully saturated rings. The van der Waals surface area contributed by atoms with E-state index >= 15 is 0 Å². The number of Topliss-reactive ketones (excluding diaryl/α,β-unsaturated/α-hetero) is 1. The molecule has 2 aliphatic rings. The predicted octanol–water partition coefficient (Wildman–Crippen LogP) is 4.24. The number of aromatic nitrogens is 1. The standard InChI is InChI=1S/C24H17BrN2O5/c25-16-4-1-5-17(12-16)27-21(15-3-2-8-26-13-15)20(23(29)24(27)30)22(28)14-6-7-18-19(11-14)32-10-9-31-18/h1-8,11-13,21,28H,9-10H2/b22-20-. The molecular formula is C24H17BrN2O5. The van der Waals surface area contributed by atoms with Crippen molar-refractivity contribution >= 4 is 39.1 Å². The van der Waals surface area contributed by atoms with Crippen LogP contribution >= 0.6 is 15.9 Å². The first-order chi connectivity index (χ1) is 15.5. The molecule has 1 unspecified atom stereocenters. The zero-order valence-corrected chi connectivity index (χ0v) is 18.3. The van der Waals surface area contributed by atoms with Gasteiger partial charge in [-0.1, -0.05) is 28.1 Å². The summed E-state index contributed by atoms with van der Waals surface area (Å²) in [6.45, 7) is 0.831. The van der Waals surface area contributed by atoms with Crippen LogP contribution in [0.25, 0.3) is 5.76 Å². The minimum Gasteiger partial charge on any atom is -0.507 e. The topological polar surface area (TPSA) is 89.0 Å². The molecule has 0 aliphatic carbocycles. The van der Waals surface area contributed by atoms with Gasteiger partial charge in [0.05, 0.1) is 11.6 Å². The number of ether oxygens (including phenoxy) is 2. The van der Waals surface area contributed by atoms with Crippen molar-refractivity contribution in [3.63, 3.8) is 0 Å². The Morgan fingerprint density at radius 1 is 1.03 bits per heavy atom. The number of ketones is 1. The average molecular weight is 493 g/mol. The Balaban J connectivity index is 1.69. The Bertz CT molecular complexity index is 1260. The number of aliphatic hydroxyl groups excluding tert-OH is 1. The number of hydrogen-bond acceptors (Lipinski definition) is 6. The van der Waals surface area contributed by atoms with Crippen LogP contribution in [0.5, 0.6) is 11.5 Å². The van der Waals surface area contributed by atoms with E-state index in [4.69, 9.17) is 9.47 Å². The number of halogens is 1. The summed E-state index contributed by atoms with van der Waals surface area (Å²) in [5.41, 5.74) is 1.47. The Labute approximate surface area is 192 Å². The van der Waals surface area contributed by atoms with E-state index in [1.165, 1.54) is 4.90 Å². The lowest BCUT2D eigenvalue weighted by Gasteiger charge is -2.25. The van der Waals surface area contributed by atoms with Crippen molar-refractivity contribution in [3.05, 3.63) is 88.2 Å². The molecule has 1 atom stereocenters. The molecule has 2 aliphatic heterocycles. The summed E-state index contributed by atoms with van der Waals surface area (Å²) >= 11 is 3.41. The second-order valence-corrected chi connectivity index (χ2v) is 8.21. The van der Waals surface area contributed by atoms with Crippen molar-refractivity contribution in [2.75, 3.05) is 18.1 Å². The predicted molar refractivity (Wildman–Crippen MR) is 121 cm³/mol. The number of benzene rings is 2. The van der Waals surface area contributed by atoms with Crippen LogP contribution in [0.2, 0.25) is 0 Å². The molecule has 1 amide bonds. The van der Waals surface area contributed by atoms with Gasteiger partial charge in [-0.15, -0.1) is 0 Å². The SMILES string of the molecule is O=C1C(=O)N(c2cccc(Br)c2)C(c2cccnc2)/C1=C(/O)c1ccc2c(c1)OCCO2. The number of amides is 1. The molecule has 0 radical (unpaired) electrons. The van der Waals surface area contributed by atoms with Crippen LogP contribution in [-0.4, -0.2) is 35.0 Å². The van der Waals surface area contributed by atoms with Crippen molar-refractivity contribution < 1.29 is 24.2 Å². The van der Waals surface area contributed by atoms with Gasteiger partial charge in [-0.25, -0.2) is 0 Å². The first kappa shape index (κ1) is 20.3. The maximum Gasteiger partial charge on any atom is 0.300 e. The fraction of sp³-hybridized carbons (Fsp3) is 0.125. The second-order valence-electron chi connectivity index (χ2n) is 7.29. The molecule has 0 saturated carbocycles. The van der Waals surface area contributed by atoms with E-state index in [2.05, 4.69) is 20.9 Å². The quantitative estimate of drug-likeness (QED) is 0.334. The number of anilines is 1.